The first kappa shape index (κ1) is 17.4. The summed E-state index contributed by atoms with van der Waals surface area (Å²) in [4.78, 5) is 10.2. The molecule has 0 spiro atoms. The van der Waals surface area contributed by atoms with Crippen LogP contribution in [0.3, 0.4) is 0 Å². The number of sulfonamides is 1. The summed E-state index contributed by atoms with van der Waals surface area (Å²) in [6.07, 6.45) is 3.22. The Bertz CT molecular complexity index is 733. The van der Waals surface area contributed by atoms with Crippen LogP contribution in [-0.2, 0) is 10.0 Å². The van der Waals surface area contributed by atoms with Crippen molar-refractivity contribution in [3.05, 3.63) is 28.3 Å². The van der Waals surface area contributed by atoms with Gasteiger partial charge in [-0.2, -0.15) is 5.10 Å². The van der Waals surface area contributed by atoms with Crippen LogP contribution in [0.5, 0.6) is 0 Å². The Morgan fingerprint density at radius 2 is 1.91 bits per heavy atom. The third kappa shape index (κ3) is 4.05. The zero-order chi connectivity index (χ0) is 17.2. The van der Waals surface area contributed by atoms with Gasteiger partial charge in [0.25, 0.3) is 5.69 Å². The van der Waals surface area contributed by atoms with Crippen molar-refractivity contribution in [3.63, 3.8) is 0 Å². The molecule has 0 radical (unpaired) electrons. The summed E-state index contributed by atoms with van der Waals surface area (Å²) in [6.45, 7) is 4.16. The smallest absolute Gasteiger partial charge is 0.272 e. The lowest BCUT2D eigenvalue weighted by Crippen LogP contribution is -2.25. The maximum Gasteiger partial charge on any atom is 0.295 e. The van der Waals surface area contributed by atoms with Gasteiger partial charge in [0, 0.05) is 11.8 Å². The monoisotopic (exact) mass is 340 g/mol. The molecule has 9 heteroatoms. The summed E-state index contributed by atoms with van der Waals surface area (Å²) >= 11 is 0. The quantitative estimate of drug-likeness (QED) is 0.642. The van der Waals surface area contributed by atoms with Gasteiger partial charge in [0.15, 0.2) is 0 Å². The van der Waals surface area contributed by atoms with Gasteiger partial charge in [-0.1, -0.05) is 20.3 Å². The van der Waals surface area contributed by atoms with Crippen molar-refractivity contribution in [2.24, 2.45) is 22.1 Å². The molecule has 3 N–H and O–H groups in total. The summed E-state index contributed by atoms with van der Waals surface area (Å²) < 4.78 is 22.6. The largest absolute Gasteiger partial charge is 0.295 e. The lowest BCUT2D eigenvalue weighted by molar-refractivity contribution is -0.384. The van der Waals surface area contributed by atoms with Crippen molar-refractivity contribution in [2.45, 2.75) is 38.0 Å². The van der Waals surface area contributed by atoms with Crippen molar-refractivity contribution in [1.82, 2.24) is 0 Å². The first-order chi connectivity index (χ1) is 10.7. The molecule has 1 saturated carbocycles. The van der Waals surface area contributed by atoms with Crippen LogP contribution in [0.1, 0.15) is 33.1 Å². The highest BCUT2D eigenvalue weighted by atomic mass is 32.2. The minimum Gasteiger partial charge on any atom is -0.272 e. The molecule has 23 heavy (non-hydrogen) atoms. The highest BCUT2D eigenvalue weighted by Crippen LogP contribution is 2.29. The third-order valence-electron chi connectivity index (χ3n) is 4.08. The number of hydrogen-bond acceptors (Lipinski definition) is 6. The average Bonchev–Trinajstić information content (AvgIpc) is 2.45. The molecular weight excluding hydrogens is 320 g/mol. The Morgan fingerprint density at radius 1 is 1.30 bits per heavy atom. The molecule has 8 nitrogen and oxygen atoms in total. The summed E-state index contributed by atoms with van der Waals surface area (Å²) in [6, 6.07) is 3.46. The van der Waals surface area contributed by atoms with E-state index in [1.807, 2.05) is 0 Å². The molecule has 2 rings (SSSR count). The Hall–Kier alpha value is -2.00. The number of primary sulfonamides is 1. The second-order valence-electron chi connectivity index (χ2n) is 5.86. The lowest BCUT2D eigenvalue weighted by atomic mass is 9.81. The molecule has 1 fully saturated rings. The van der Waals surface area contributed by atoms with Crippen molar-refractivity contribution < 1.29 is 13.3 Å². The molecule has 0 saturated heterocycles. The molecule has 0 aliphatic heterocycles. The van der Waals surface area contributed by atoms with Gasteiger partial charge in [-0.15, -0.1) is 0 Å². The number of nitrogens with two attached hydrogens (primary N) is 1. The van der Waals surface area contributed by atoms with Gasteiger partial charge in [-0.25, -0.2) is 13.6 Å². The first-order valence-corrected chi connectivity index (χ1v) is 8.89. The molecule has 1 aromatic rings. The van der Waals surface area contributed by atoms with Crippen LogP contribution in [0.25, 0.3) is 0 Å². The van der Waals surface area contributed by atoms with Crippen LogP contribution in [0.4, 0.5) is 11.4 Å². The number of nitrogens with zero attached hydrogens (tertiary/aromatic N) is 2. The van der Waals surface area contributed by atoms with Gasteiger partial charge < -0.3 is 0 Å². The fraction of sp³-hybridized carbons (Fsp3) is 0.500. The number of hydrazone groups is 1. The summed E-state index contributed by atoms with van der Waals surface area (Å²) in [5.41, 5.74) is 3.45. The van der Waals surface area contributed by atoms with Crippen molar-refractivity contribution >= 4 is 27.1 Å². The zero-order valence-corrected chi connectivity index (χ0v) is 13.8. The normalized spacial score (nSPS) is 21.8. The number of rotatable bonds is 4. The highest BCUT2D eigenvalue weighted by molar-refractivity contribution is 7.89. The zero-order valence-electron chi connectivity index (χ0n) is 13.0. The topological polar surface area (TPSA) is 128 Å². The molecule has 1 aromatic carbocycles. The molecule has 0 aromatic heterocycles. The van der Waals surface area contributed by atoms with Gasteiger partial charge in [0.05, 0.1) is 9.82 Å². The van der Waals surface area contributed by atoms with Crippen LogP contribution in [0.15, 0.2) is 28.2 Å². The van der Waals surface area contributed by atoms with Gasteiger partial charge in [-0.05, 0) is 36.8 Å². The number of nitro groups is 1. The van der Waals surface area contributed by atoms with E-state index in [2.05, 4.69) is 24.4 Å². The van der Waals surface area contributed by atoms with Gasteiger partial charge >= 0.3 is 0 Å². The van der Waals surface area contributed by atoms with Crippen molar-refractivity contribution in [3.8, 4) is 0 Å². The average molecular weight is 340 g/mol. The fourth-order valence-electron chi connectivity index (χ4n) is 2.79. The van der Waals surface area contributed by atoms with Crippen LogP contribution in [0.2, 0.25) is 0 Å². The number of hydrogen-bond donors (Lipinski definition) is 2. The minimum absolute atomic E-state index is 0.139. The Balaban J connectivity index is 2.34. The molecule has 0 amide bonds. The molecule has 126 valence electrons. The fourth-order valence-corrected chi connectivity index (χ4v) is 3.32. The molecule has 1 aliphatic rings. The highest BCUT2D eigenvalue weighted by Gasteiger charge is 2.24. The molecule has 0 bridgehead atoms. The van der Waals surface area contributed by atoms with Gasteiger partial charge in [0.2, 0.25) is 10.0 Å². The van der Waals surface area contributed by atoms with E-state index in [0.29, 0.717) is 11.8 Å². The molecule has 1 aliphatic carbocycles. The predicted octanol–water partition coefficient (Wildman–Crippen LogP) is 2.47. The van der Waals surface area contributed by atoms with Gasteiger partial charge in [-0.3, -0.25) is 15.5 Å². The van der Waals surface area contributed by atoms with Crippen molar-refractivity contribution in [2.75, 3.05) is 5.43 Å². The van der Waals surface area contributed by atoms with E-state index in [0.717, 1.165) is 31.0 Å². The number of anilines is 1. The van der Waals surface area contributed by atoms with E-state index in [1.165, 1.54) is 12.1 Å². The molecular formula is C14H20N4O4S. The van der Waals surface area contributed by atoms with Crippen LogP contribution in [-0.4, -0.2) is 19.1 Å². The SMILES string of the molecule is C[C@H]1CCC[C@H](C)C1=NNc1ccc(S(N)(=O)=O)cc1[N+](=O)[O-]. The molecule has 0 heterocycles. The van der Waals surface area contributed by atoms with Crippen LogP contribution < -0.4 is 10.6 Å². The third-order valence-corrected chi connectivity index (χ3v) is 4.99. The minimum atomic E-state index is -4.00. The maximum atomic E-state index is 11.3. The van der Waals surface area contributed by atoms with E-state index < -0.39 is 14.9 Å². The second kappa shape index (κ2) is 6.63. The lowest BCUT2D eigenvalue weighted by Gasteiger charge is -2.26. The van der Waals surface area contributed by atoms with E-state index >= 15 is 0 Å². The second-order valence-corrected chi connectivity index (χ2v) is 7.42. The summed E-state index contributed by atoms with van der Waals surface area (Å²) in [5, 5.41) is 20.5. The van der Waals surface area contributed by atoms with E-state index in [9.17, 15) is 18.5 Å². The van der Waals surface area contributed by atoms with Crippen molar-refractivity contribution in [1.29, 1.82) is 0 Å². The first-order valence-electron chi connectivity index (χ1n) is 7.35. The van der Waals surface area contributed by atoms with E-state index in [-0.39, 0.29) is 16.3 Å². The van der Waals surface area contributed by atoms with E-state index in [4.69, 9.17) is 5.14 Å². The number of benzene rings is 1. The standard InChI is InChI=1S/C14H20N4O4S/c1-9-4-3-5-10(2)14(9)17-16-12-7-6-11(23(15,21)22)8-13(12)18(19)20/h6-10,16H,3-5H2,1-2H3,(H2,15,21,22)/t9-,10-/m0/s1. The number of nitro benzene ring substituents is 1. The summed E-state index contributed by atoms with van der Waals surface area (Å²) in [5.74, 6) is 0.628. The molecule has 2 atom stereocenters. The maximum absolute atomic E-state index is 11.3. The Labute approximate surface area is 135 Å². The van der Waals surface area contributed by atoms with Gasteiger partial charge in [0.1, 0.15) is 5.69 Å². The predicted molar refractivity (Wildman–Crippen MR) is 87.7 cm³/mol. The summed E-state index contributed by atoms with van der Waals surface area (Å²) in [7, 11) is -4.00. The molecule has 0 unspecified atom stereocenters. The van der Waals surface area contributed by atoms with E-state index in [1.54, 1.807) is 0 Å². The number of nitrogens with one attached hydrogen (secondary N) is 1. The Morgan fingerprint density at radius 3 is 2.43 bits per heavy atom. The van der Waals surface area contributed by atoms with Crippen LogP contribution >= 0.6 is 0 Å². The van der Waals surface area contributed by atoms with Crippen LogP contribution in [0, 0.1) is 22.0 Å². The Kier molecular flexibility index (Phi) is 5.00.